The number of fused-ring (bicyclic) bond motifs is 1. The first kappa shape index (κ1) is 15.8. The SMILES string of the molecule is COc1ccc2c(c1)CC(CNC(=O)c1cccc([N+](=O)[O-])c1)O2. The van der Waals surface area contributed by atoms with E-state index in [0.717, 1.165) is 17.1 Å². The Balaban J connectivity index is 1.60. The largest absolute Gasteiger partial charge is 0.497 e. The molecule has 1 amide bonds. The van der Waals surface area contributed by atoms with Crippen molar-refractivity contribution in [3.63, 3.8) is 0 Å². The summed E-state index contributed by atoms with van der Waals surface area (Å²) < 4.78 is 11.0. The van der Waals surface area contributed by atoms with Crippen LogP contribution in [0, 0.1) is 10.1 Å². The van der Waals surface area contributed by atoms with Crippen LogP contribution in [-0.4, -0.2) is 30.6 Å². The van der Waals surface area contributed by atoms with Crippen LogP contribution in [-0.2, 0) is 6.42 Å². The van der Waals surface area contributed by atoms with Gasteiger partial charge in [-0.2, -0.15) is 0 Å². The number of nitrogens with one attached hydrogen (secondary N) is 1. The fraction of sp³-hybridized carbons (Fsp3) is 0.235. The van der Waals surface area contributed by atoms with Crippen molar-refractivity contribution >= 4 is 11.6 Å². The second-order valence-corrected chi connectivity index (χ2v) is 5.44. The molecule has 0 aliphatic carbocycles. The Labute approximate surface area is 138 Å². The second-order valence-electron chi connectivity index (χ2n) is 5.44. The first-order valence-corrected chi connectivity index (χ1v) is 7.43. The summed E-state index contributed by atoms with van der Waals surface area (Å²) in [5, 5.41) is 13.5. The summed E-state index contributed by atoms with van der Waals surface area (Å²) in [4.78, 5) is 22.4. The van der Waals surface area contributed by atoms with Gasteiger partial charge in [0.15, 0.2) is 0 Å². The molecule has 124 valence electrons. The van der Waals surface area contributed by atoms with Crippen molar-refractivity contribution < 1.29 is 19.2 Å². The normalized spacial score (nSPS) is 15.3. The zero-order valence-corrected chi connectivity index (χ0v) is 13.0. The summed E-state index contributed by atoms with van der Waals surface area (Å²) in [6.45, 7) is 0.318. The average Bonchev–Trinajstić information content (AvgIpc) is 3.01. The molecule has 1 aliphatic rings. The van der Waals surface area contributed by atoms with Crippen LogP contribution in [0.3, 0.4) is 0 Å². The number of hydrogen-bond donors (Lipinski definition) is 1. The molecule has 7 nitrogen and oxygen atoms in total. The van der Waals surface area contributed by atoms with Gasteiger partial charge in [0.05, 0.1) is 18.6 Å². The lowest BCUT2D eigenvalue weighted by Gasteiger charge is -2.11. The molecule has 1 aliphatic heterocycles. The van der Waals surface area contributed by atoms with E-state index in [1.807, 2.05) is 18.2 Å². The van der Waals surface area contributed by atoms with Crippen LogP contribution < -0.4 is 14.8 Å². The van der Waals surface area contributed by atoms with Crippen molar-refractivity contribution in [1.29, 1.82) is 0 Å². The zero-order valence-electron chi connectivity index (χ0n) is 13.0. The zero-order chi connectivity index (χ0) is 17.1. The number of ether oxygens (including phenoxy) is 2. The number of benzene rings is 2. The highest BCUT2D eigenvalue weighted by Crippen LogP contribution is 2.31. The van der Waals surface area contributed by atoms with Crippen LogP contribution in [0.1, 0.15) is 15.9 Å². The first-order chi connectivity index (χ1) is 11.6. The molecule has 1 unspecified atom stereocenters. The maximum Gasteiger partial charge on any atom is 0.270 e. The van der Waals surface area contributed by atoms with E-state index in [1.165, 1.54) is 24.3 Å². The number of nitro groups is 1. The molecule has 24 heavy (non-hydrogen) atoms. The van der Waals surface area contributed by atoms with E-state index < -0.39 is 4.92 Å². The van der Waals surface area contributed by atoms with Crippen molar-refractivity contribution in [2.75, 3.05) is 13.7 Å². The number of hydrogen-bond acceptors (Lipinski definition) is 5. The van der Waals surface area contributed by atoms with E-state index in [1.54, 1.807) is 7.11 Å². The van der Waals surface area contributed by atoms with E-state index in [2.05, 4.69) is 5.32 Å². The van der Waals surface area contributed by atoms with Crippen LogP contribution in [0.5, 0.6) is 11.5 Å². The molecule has 0 spiro atoms. The van der Waals surface area contributed by atoms with Crippen molar-refractivity contribution in [2.45, 2.75) is 12.5 Å². The molecule has 0 bridgehead atoms. The maximum absolute atomic E-state index is 12.1. The lowest BCUT2D eigenvalue weighted by molar-refractivity contribution is -0.384. The lowest BCUT2D eigenvalue weighted by Crippen LogP contribution is -2.34. The smallest absolute Gasteiger partial charge is 0.270 e. The highest BCUT2D eigenvalue weighted by atomic mass is 16.6. The van der Waals surface area contributed by atoms with Gasteiger partial charge in [0.2, 0.25) is 0 Å². The fourth-order valence-electron chi connectivity index (χ4n) is 2.61. The summed E-state index contributed by atoms with van der Waals surface area (Å²) in [6, 6.07) is 11.2. The minimum atomic E-state index is -0.527. The van der Waals surface area contributed by atoms with Gasteiger partial charge in [-0.15, -0.1) is 0 Å². The number of methoxy groups -OCH3 is 1. The first-order valence-electron chi connectivity index (χ1n) is 7.43. The van der Waals surface area contributed by atoms with E-state index in [9.17, 15) is 14.9 Å². The molecular formula is C17H16N2O5. The Hall–Kier alpha value is -3.09. The van der Waals surface area contributed by atoms with E-state index in [0.29, 0.717) is 13.0 Å². The molecule has 1 N–H and O–H groups in total. The summed E-state index contributed by atoms with van der Waals surface area (Å²) in [7, 11) is 1.61. The van der Waals surface area contributed by atoms with Crippen molar-refractivity contribution in [1.82, 2.24) is 5.32 Å². The predicted molar refractivity (Wildman–Crippen MR) is 86.5 cm³/mol. The molecular weight excluding hydrogens is 312 g/mol. The monoisotopic (exact) mass is 328 g/mol. The van der Waals surface area contributed by atoms with Gasteiger partial charge >= 0.3 is 0 Å². The number of amides is 1. The average molecular weight is 328 g/mol. The van der Waals surface area contributed by atoms with Gasteiger partial charge in [0.25, 0.3) is 11.6 Å². The molecule has 0 fully saturated rings. The third-order valence-electron chi connectivity index (χ3n) is 3.82. The Morgan fingerprint density at radius 1 is 1.38 bits per heavy atom. The van der Waals surface area contributed by atoms with Gasteiger partial charge in [-0.25, -0.2) is 0 Å². The topological polar surface area (TPSA) is 90.7 Å². The minimum Gasteiger partial charge on any atom is -0.497 e. The van der Waals surface area contributed by atoms with Crippen LogP contribution in [0.2, 0.25) is 0 Å². The van der Waals surface area contributed by atoms with Gasteiger partial charge in [0.1, 0.15) is 17.6 Å². The van der Waals surface area contributed by atoms with Gasteiger partial charge < -0.3 is 14.8 Å². The van der Waals surface area contributed by atoms with Crippen molar-refractivity contribution in [2.24, 2.45) is 0 Å². The van der Waals surface area contributed by atoms with Crippen molar-refractivity contribution in [3.8, 4) is 11.5 Å². The van der Waals surface area contributed by atoms with Crippen LogP contribution in [0.25, 0.3) is 0 Å². The molecule has 7 heteroatoms. The number of carbonyl (C=O) groups is 1. The van der Waals surface area contributed by atoms with Crippen LogP contribution in [0.4, 0.5) is 5.69 Å². The number of rotatable bonds is 5. The maximum atomic E-state index is 12.1. The van der Waals surface area contributed by atoms with Crippen LogP contribution in [0.15, 0.2) is 42.5 Å². The summed E-state index contributed by atoms with van der Waals surface area (Å²) in [5.74, 6) is 1.18. The van der Waals surface area contributed by atoms with Gasteiger partial charge in [-0.1, -0.05) is 6.07 Å². The minimum absolute atomic E-state index is 0.112. The summed E-state index contributed by atoms with van der Waals surface area (Å²) >= 11 is 0. The molecule has 2 aromatic rings. The number of nitrogens with zero attached hydrogens (tertiary/aromatic N) is 1. The van der Waals surface area contributed by atoms with E-state index in [4.69, 9.17) is 9.47 Å². The molecule has 0 saturated heterocycles. The third kappa shape index (κ3) is 3.29. The molecule has 1 atom stereocenters. The number of non-ortho nitro benzene ring substituents is 1. The van der Waals surface area contributed by atoms with E-state index >= 15 is 0 Å². The standard InChI is InChI=1S/C17H16N2O5/c1-23-14-5-6-16-12(8-14)9-15(24-16)10-18-17(20)11-3-2-4-13(7-11)19(21)22/h2-8,15H,9-10H2,1H3,(H,18,20). The highest BCUT2D eigenvalue weighted by Gasteiger charge is 2.24. The summed E-state index contributed by atoms with van der Waals surface area (Å²) in [5.41, 5.74) is 1.17. The Kier molecular flexibility index (Phi) is 4.33. The highest BCUT2D eigenvalue weighted by molar-refractivity contribution is 5.94. The van der Waals surface area contributed by atoms with Gasteiger partial charge in [-0.05, 0) is 24.3 Å². The second kappa shape index (κ2) is 6.57. The Morgan fingerprint density at radius 2 is 2.21 bits per heavy atom. The van der Waals surface area contributed by atoms with E-state index in [-0.39, 0.29) is 23.3 Å². The van der Waals surface area contributed by atoms with Crippen LogP contribution >= 0.6 is 0 Å². The predicted octanol–water partition coefficient (Wildman–Crippen LogP) is 2.34. The van der Waals surface area contributed by atoms with Crippen molar-refractivity contribution in [3.05, 3.63) is 63.7 Å². The quantitative estimate of drug-likeness (QED) is 0.672. The number of nitro benzene ring substituents is 1. The Bertz CT molecular complexity index is 790. The summed E-state index contributed by atoms with van der Waals surface area (Å²) in [6.07, 6.45) is 0.497. The molecule has 0 aromatic heterocycles. The molecule has 0 radical (unpaired) electrons. The lowest BCUT2D eigenvalue weighted by atomic mass is 10.1. The molecule has 2 aromatic carbocycles. The third-order valence-corrected chi connectivity index (χ3v) is 3.82. The molecule has 1 heterocycles. The van der Waals surface area contributed by atoms with Gasteiger partial charge in [0, 0.05) is 29.7 Å². The van der Waals surface area contributed by atoms with Gasteiger partial charge in [-0.3, -0.25) is 14.9 Å². The molecule has 0 saturated carbocycles. The molecule has 3 rings (SSSR count). The number of carbonyl (C=O) groups excluding carboxylic acids is 1. The fourth-order valence-corrected chi connectivity index (χ4v) is 2.61. The Morgan fingerprint density at radius 3 is 2.96 bits per heavy atom.